The van der Waals surface area contributed by atoms with Crippen molar-refractivity contribution >= 4 is 5.97 Å². The van der Waals surface area contributed by atoms with Gasteiger partial charge in [0, 0.05) is 32.0 Å². The van der Waals surface area contributed by atoms with Crippen molar-refractivity contribution in [2.45, 2.75) is 44.4 Å². The van der Waals surface area contributed by atoms with Crippen LogP contribution in [0.3, 0.4) is 0 Å². The van der Waals surface area contributed by atoms with Crippen LogP contribution in [0.5, 0.6) is 0 Å². The Morgan fingerprint density at radius 1 is 1.21 bits per heavy atom. The van der Waals surface area contributed by atoms with Crippen molar-refractivity contribution in [3.8, 4) is 0 Å². The number of rotatable bonds is 2. The summed E-state index contributed by atoms with van der Waals surface area (Å²) in [6.07, 6.45) is 4.00. The highest BCUT2D eigenvalue weighted by Gasteiger charge is 2.44. The molecule has 19 heavy (non-hydrogen) atoms. The highest BCUT2D eigenvalue weighted by molar-refractivity contribution is 5.71. The lowest BCUT2D eigenvalue weighted by Crippen LogP contribution is -2.43. The zero-order valence-corrected chi connectivity index (χ0v) is 11.5. The van der Waals surface area contributed by atoms with Gasteiger partial charge in [0.05, 0.1) is 19.1 Å². The highest BCUT2D eigenvalue weighted by atomic mass is 16.7. The van der Waals surface area contributed by atoms with Crippen molar-refractivity contribution in [1.29, 1.82) is 0 Å². The number of nitrogens with zero attached hydrogens (tertiary/aromatic N) is 1. The molecule has 0 amide bonds. The summed E-state index contributed by atoms with van der Waals surface area (Å²) in [4.78, 5) is 13.5. The molecular formula is C14H23NO4. The summed E-state index contributed by atoms with van der Waals surface area (Å²) in [5, 5.41) is 9.20. The predicted molar refractivity (Wildman–Crippen MR) is 68.8 cm³/mol. The van der Waals surface area contributed by atoms with Crippen molar-refractivity contribution in [3.05, 3.63) is 0 Å². The van der Waals surface area contributed by atoms with E-state index in [0.29, 0.717) is 25.8 Å². The summed E-state index contributed by atoms with van der Waals surface area (Å²) in [5.74, 6) is -0.902. The first-order valence-electron chi connectivity index (χ1n) is 7.34. The quantitative estimate of drug-likeness (QED) is 0.819. The average Bonchev–Trinajstić information content (AvgIpc) is 2.98. The van der Waals surface area contributed by atoms with Gasteiger partial charge in [-0.1, -0.05) is 6.92 Å². The van der Waals surface area contributed by atoms with Gasteiger partial charge in [0.2, 0.25) is 0 Å². The minimum atomic E-state index is -0.648. The molecule has 0 aromatic rings. The van der Waals surface area contributed by atoms with E-state index in [9.17, 15) is 9.90 Å². The van der Waals surface area contributed by atoms with Gasteiger partial charge in [-0.05, 0) is 18.8 Å². The topological polar surface area (TPSA) is 59.0 Å². The monoisotopic (exact) mass is 269 g/mol. The molecule has 1 spiro atoms. The molecule has 5 heteroatoms. The number of ether oxygens (including phenoxy) is 2. The van der Waals surface area contributed by atoms with Crippen LogP contribution in [0, 0.1) is 11.8 Å². The maximum atomic E-state index is 11.2. The van der Waals surface area contributed by atoms with Gasteiger partial charge in [-0.2, -0.15) is 0 Å². The van der Waals surface area contributed by atoms with Gasteiger partial charge in [0.25, 0.3) is 0 Å². The Labute approximate surface area is 113 Å². The second-order valence-electron chi connectivity index (χ2n) is 6.21. The lowest BCUT2D eigenvalue weighted by molar-refractivity contribution is -0.183. The molecule has 1 saturated carbocycles. The predicted octanol–water partition coefficient (Wildman–Crippen LogP) is 1.32. The summed E-state index contributed by atoms with van der Waals surface area (Å²) in [5.41, 5.74) is 0. The summed E-state index contributed by atoms with van der Waals surface area (Å²) in [7, 11) is 0. The molecule has 0 aromatic carbocycles. The Hall–Kier alpha value is -0.650. The Balaban J connectivity index is 1.56. The van der Waals surface area contributed by atoms with Crippen LogP contribution in [-0.4, -0.2) is 54.1 Å². The van der Waals surface area contributed by atoms with E-state index >= 15 is 0 Å². The maximum absolute atomic E-state index is 11.2. The van der Waals surface area contributed by atoms with Crippen LogP contribution >= 0.6 is 0 Å². The number of carbonyl (C=O) groups is 1. The molecule has 1 N–H and O–H groups in total. The van der Waals surface area contributed by atoms with E-state index < -0.39 is 5.97 Å². The second kappa shape index (κ2) is 5.04. The molecule has 2 unspecified atom stereocenters. The van der Waals surface area contributed by atoms with Crippen LogP contribution in [0.2, 0.25) is 0 Å². The minimum Gasteiger partial charge on any atom is -0.481 e. The van der Waals surface area contributed by atoms with Crippen molar-refractivity contribution in [1.82, 2.24) is 4.90 Å². The summed E-state index contributed by atoms with van der Waals surface area (Å²) < 4.78 is 11.5. The van der Waals surface area contributed by atoms with Gasteiger partial charge in [0.15, 0.2) is 5.79 Å². The minimum absolute atomic E-state index is 0.199. The Morgan fingerprint density at radius 2 is 1.84 bits per heavy atom. The van der Waals surface area contributed by atoms with E-state index in [-0.39, 0.29) is 17.6 Å². The van der Waals surface area contributed by atoms with Crippen LogP contribution in [0.4, 0.5) is 0 Å². The fraction of sp³-hybridized carbons (Fsp3) is 0.929. The van der Waals surface area contributed by atoms with Gasteiger partial charge >= 0.3 is 5.97 Å². The molecular weight excluding hydrogens is 246 g/mol. The van der Waals surface area contributed by atoms with Crippen LogP contribution in [0.1, 0.15) is 32.6 Å². The fourth-order valence-electron chi connectivity index (χ4n) is 3.82. The first-order valence-corrected chi connectivity index (χ1v) is 7.34. The maximum Gasteiger partial charge on any atom is 0.308 e. The lowest BCUT2D eigenvalue weighted by Gasteiger charge is -2.39. The molecule has 3 fully saturated rings. The van der Waals surface area contributed by atoms with Gasteiger partial charge < -0.3 is 14.6 Å². The number of hydrogen-bond donors (Lipinski definition) is 1. The molecule has 1 aliphatic carbocycles. The Bertz CT molecular complexity index is 343. The van der Waals surface area contributed by atoms with Gasteiger partial charge in [-0.25, -0.2) is 0 Å². The van der Waals surface area contributed by atoms with E-state index in [2.05, 4.69) is 4.90 Å². The van der Waals surface area contributed by atoms with Crippen LogP contribution in [-0.2, 0) is 14.3 Å². The number of likely N-dealkylation sites (tertiary alicyclic amines) is 1. The van der Waals surface area contributed by atoms with Crippen molar-refractivity contribution < 1.29 is 19.4 Å². The van der Waals surface area contributed by atoms with Gasteiger partial charge in [0.1, 0.15) is 0 Å². The number of carboxylic acids is 1. The summed E-state index contributed by atoms with van der Waals surface area (Å²) in [6.45, 7) is 5.09. The van der Waals surface area contributed by atoms with E-state index in [1.54, 1.807) is 0 Å². The van der Waals surface area contributed by atoms with E-state index in [4.69, 9.17) is 9.47 Å². The van der Waals surface area contributed by atoms with Crippen LogP contribution in [0.25, 0.3) is 0 Å². The first-order chi connectivity index (χ1) is 9.10. The molecule has 0 radical (unpaired) electrons. The molecule has 2 saturated heterocycles. The van der Waals surface area contributed by atoms with Crippen LogP contribution in [0.15, 0.2) is 0 Å². The third-order valence-corrected chi connectivity index (χ3v) is 5.00. The average molecular weight is 269 g/mol. The van der Waals surface area contributed by atoms with Crippen molar-refractivity contribution in [2.24, 2.45) is 11.8 Å². The first kappa shape index (κ1) is 13.3. The molecule has 0 bridgehead atoms. The molecule has 5 nitrogen and oxygen atoms in total. The second-order valence-corrected chi connectivity index (χ2v) is 6.21. The molecule has 2 heterocycles. The third-order valence-electron chi connectivity index (χ3n) is 5.00. The largest absolute Gasteiger partial charge is 0.481 e. The smallest absolute Gasteiger partial charge is 0.308 e. The Kier molecular flexibility index (Phi) is 3.53. The van der Waals surface area contributed by atoms with E-state index in [1.165, 1.54) is 0 Å². The highest BCUT2D eigenvalue weighted by Crippen LogP contribution is 2.39. The molecule has 2 aliphatic heterocycles. The van der Waals surface area contributed by atoms with Crippen LogP contribution < -0.4 is 0 Å². The third kappa shape index (κ3) is 2.51. The SMILES string of the molecule is CC1CN(C2CCC3(CC2)OCCO3)CC1C(=O)O. The van der Waals surface area contributed by atoms with Crippen molar-refractivity contribution in [3.63, 3.8) is 0 Å². The van der Waals surface area contributed by atoms with Gasteiger partial charge in [-0.15, -0.1) is 0 Å². The van der Waals surface area contributed by atoms with E-state index in [1.807, 2.05) is 6.92 Å². The van der Waals surface area contributed by atoms with Crippen molar-refractivity contribution in [2.75, 3.05) is 26.3 Å². The summed E-state index contributed by atoms with van der Waals surface area (Å²) in [6, 6.07) is 0.505. The molecule has 0 aromatic heterocycles. The number of carboxylic acid groups (broad SMARTS) is 1. The Morgan fingerprint density at radius 3 is 2.37 bits per heavy atom. The molecule has 108 valence electrons. The van der Waals surface area contributed by atoms with Gasteiger partial charge in [-0.3, -0.25) is 9.69 Å². The number of hydrogen-bond acceptors (Lipinski definition) is 4. The zero-order valence-electron chi connectivity index (χ0n) is 11.5. The fourth-order valence-corrected chi connectivity index (χ4v) is 3.82. The normalized spacial score (nSPS) is 36.1. The standard InChI is InChI=1S/C14H23NO4/c1-10-8-15(9-12(10)13(16)17)11-2-4-14(5-3-11)18-6-7-19-14/h10-12H,2-9H2,1H3,(H,16,17). The molecule has 3 rings (SSSR count). The summed E-state index contributed by atoms with van der Waals surface area (Å²) >= 11 is 0. The zero-order chi connectivity index (χ0) is 13.5. The van der Waals surface area contributed by atoms with E-state index in [0.717, 1.165) is 32.2 Å². The number of aliphatic carboxylic acids is 1. The molecule has 3 aliphatic rings. The molecule has 2 atom stereocenters. The lowest BCUT2D eigenvalue weighted by atomic mass is 9.89.